The number of rotatable bonds is 6. The number of methoxy groups -OCH3 is 1. The first-order valence-corrected chi connectivity index (χ1v) is 11.7. The minimum absolute atomic E-state index is 0.135. The molecule has 2 unspecified atom stereocenters. The third-order valence-corrected chi connectivity index (χ3v) is 6.93. The van der Waals surface area contributed by atoms with E-state index in [1.165, 1.54) is 34.1 Å². The van der Waals surface area contributed by atoms with Gasteiger partial charge in [0.15, 0.2) is 5.13 Å². The van der Waals surface area contributed by atoms with Crippen molar-refractivity contribution < 1.29 is 13.9 Å². The lowest BCUT2D eigenvalue weighted by molar-refractivity contribution is 0.102. The van der Waals surface area contributed by atoms with Gasteiger partial charge in [-0.05, 0) is 49.2 Å². The number of hydrogen-bond acceptors (Lipinski definition) is 6. The van der Waals surface area contributed by atoms with Crippen LogP contribution in [-0.2, 0) is 0 Å². The van der Waals surface area contributed by atoms with Gasteiger partial charge in [0.25, 0.3) is 5.91 Å². The first-order chi connectivity index (χ1) is 15.4. The van der Waals surface area contributed by atoms with Gasteiger partial charge < -0.3 is 4.74 Å². The molecule has 5 nitrogen and oxygen atoms in total. The molecule has 2 heterocycles. The summed E-state index contributed by atoms with van der Waals surface area (Å²) in [6, 6.07) is 10.6. The summed E-state index contributed by atoms with van der Waals surface area (Å²) in [5.41, 5.74) is 2.34. The number of thioether (sulfide) groups is 1. The predicted molar refractivity (Wildman–Crippen MR) is 127 cm³/mol. The van der Waals surface area contributed by atoms with E-state index in [1.54, 1.807) is 18.9 Å². The molecule has 3 aromatic rings. The van der Waals surface area contributed by atoms with Crippen molar-refractivity contribution in [2.24, 2.45) is 5.92 Å². The highest BCUT2D eigenvalue weighted by atomic mass is 32.2. The minimum atomic E-state index is -0.690. The van der Waals surface area contributed by atoms with Gasteiger partial charge in [-0.3, -0.25) is 10.1 Å². The Hall–Kier alpha value is -2.97. The summed E-state index contributed by atoms with van der Waals surface area (Å²) >= 11 is 3.08. The fourth-order valence-electron chi connectivity index (χ4n) is 3.68. The number of anilines is 1. The van der Waals surface area contributed by atoms with Crippen molar-refractivity contribution in [3.63, 3.8) is 0 Å². The Morgan fingerprint density at radius 2 is 2.03 bits per heavy atom. The molecule has 2 atom stereocenters. The van der Waals surface area contributed by atoms with Crippen LogP contribution in [0.2, 0.25) is 0 Å². The van der Waals surface area contributed by atoms with Crippen molar-refractivity contribution in [3.05, 3.63) is 87.8 Å². The van der Waals surface area contributed by atoms with E-state index in [0.29, 0.717) is 5.13 Å². The number of nitrogens with one attached hydrogen (secondary N) is 1. The zero-order valence-corrected chi connectivity index (χ0v) is 19.5. The average Bonchev–Trinajstić information content (AvgIpc) is 3.21. The fourth-order valence-corrected chi connectivity index (χ4v) is 5.49. The first-order valence-electron chi connectivity index (χ1n) is 10.0. The minimum Gasteiger partial charge on any atom is -0.497 e. The third kappa shape index (κ3) is 5.08. The predicted octanol–water partition coefficient (Wildman–Crippen LogP) is 6.29. The Kier molecular flexibility index (Phi) is 6.72. The maximum absolute atomic E-state index is 13.3. The summed E-state index contributed by atoms with van der Waals surface area (Å²) in [7, 11) is 1.66. The van der Waals surface area contributed by atoms with Crippen LogP contribution in [-0.4, -0.2) is 23.0 Å². The maximum atomic E-state index is 13.3. The van der Waals surface area contributed by atoms with Crippen molar-refractivity contribution in [1.82, 2.24) is 9.97 Å². The molecule has 1 N–H and O–H groups in total. The number of hydrogen-bond donors (Lipinski definition) is 1. The monoisotopic (exact) mass is 467 g/mol. The molecule has 2 aromatic heterocycles. The van der Waals surface area contributed by atoms with Gasteiger partial charge in [-0.15, -0.1) is 11.3 Å². The summed E-state index contributed by atoms with van der Waals surface area (Å²) in [5.74, 6) is 0.127. The lowest BCUT2D eigenvalue weighted by atomic mass is 9.82. The van der Waals surface area contributed by atoms with Crippen molar-refractivity contribution in [2.45, 2.75) is 24.7 Å². The molecule has 0 bridgehead atoms. The van der Waals surface area contributed by atoms with Gasteiger partial charge in [-0.1, -0.05) is 30.3 Å². The highest BCUT2D eigenvalue weighted by molar-refractivity contribution is 8.03. The van der Waals surface area contributed by atoms with E-state index in [4.69, 9.17) is 4.74 Å². The topological polar surface area (TPSA) is 64.1 Å². The van der Waals surface area contributed by atoms with Crippen LogP contribution in [0, 0.1) is 11.9 Å². The largest absolute Gasteiger partial charge is 0.497 e. The molecule has 8 heteroatoms. The van der Waals surface area contributed by atoms with Crippen molar-refractivity contribution in [2.75, 3.05) is 12.4 Å². The number of pyridine rings is 1. The SMILES string of the molecule is COc1ccc(SC2=CC(C)C(c3csc(NC(=O)c4ccnc(F)c4)n3)C(C)=C2)cc1. The third-order valence-electron chi connectivity index (χ3n) is 5.16. The van der Waals surface area contributed by atoms with E-state index in [1.807, 2.05) is 29.6 Å². The molecule has 1 aromatic carbocycles. The zero-order valence-electron chi connectivity index (χ0n) is 17.8. The highest BCUT2D eigenvalue weighted by Crippen LogP contribution is 2.42. The Morgan fingerprint density at radius 3 is 2.72 bits per heavy atom. The number of nitrogens with zero attached hydrogens (tertiary/aromatic N) is 2. The van der Waals surface area contributed by atoms with E-state index >= 15 is 0 Å². The summed E-state index contributed by atoms with van der Waals surface area (Å²) in [6.45, 7) is 4.28. The van der Waals surface area contributed by atoms with E-state index in [2.05, 4.69) is 41.3 Å². The van der Waals surface area contributed by atoms with E-state index in [-0.39, 0.29) is 17.4 Å². The summed E-state index contributed by atoms with van der Waals surface area (Å²) in [4.78, 5) is 22.8. The fraction of sp³-hybridized carbons (Fsp3) is 0.208. The molecule has 4 rings (SSSR count). The first kappa shape index (κ1) is 22.2. The van der Waals surface area contributed by atoms with Crippen molar-refractivity contribution in [1.29, 1.82) is 0 Å². The van der Waals surface area contributed by atoms with Gasteiger partial charge in [0.05, 0.1) is 12.8 Å². The van der Waals surface area contributed by atoms with Crippen molar-refractivity contribution in [3.8, 4) is 5.75 Å². The molecule has 0 fully saturated rings. The number of amides is 1. The second kappa shape index (κ2) is 9.67. The molecular formula is C24H22FN3O2S2. The normalized spacial score (nSPS) is 18.0. The molecule has 0 saturated carbocycles. The Labute approximate surface area is 194 Å². The molecule has 0 saturated heterocycles. The molecule has 1 aliphatic carbocycles. The second-order valence-corrected chi connectivity index (χ2v) is 9.48. The molecule has 0 radical (unpaired) electrons. The van der Waals surface area contributed by atoms with Gasteiger partial charge in [0.1, 0.15) is 5.75 Å². The number of carbonyl (C=O) groups is 1. The number of allylic oxidation sites excluding steroid dienone is 3. The Balaban J connectivity index is 1.45. The van der Waals surface area contributed by atoms with Gasteiger partial charge >= 0.3 is 0 Å². The number of carbonyl (C=O) groups excluding carboxylic acids is 1. The quantitative estimate of drug-likeness (QED) is 0.431. The van der Waals surface area contributed by atoms with Crippen LogP contribution < -0.4 is 10.1 Å². The molecule has 0 aliphatic heterocycles. The van der Waals surface area contributed by atoms with Crippen LogP contribution >= 0.6 is 23.1 Å². The molecule has 1 aliphatic rings. The number of ether oxygens (including phenoxy) is 1. The Bertz CT molecular complexity index is 1190. The van der Waals surface area contributed by atoms with E-state index in [0.717, 1.165) is 22.4 Å². The van der Waals surface area contributed by atoms with E-state index < -0.39 is 11.9 Å². The Morgan fingerprint density at radius 1 is 1.25 bits per heavy atom. The van der Waals surface area contributed by atoms with Crippen LogP contribution in [0.1, 0.15) is 35.8 Å². The van der Waals surface area contributed by atoms with Crippen molar-refractivity contribution >= 4 is 34.1 Å². The lowest BCUT2D eigenvalue weighted by Crippen LogP contribution is -2.15. The molecule has 164 valence electrons. The molecule has 1 amide bonds. The van der Waals surface area contributed by atoms with Crippen LogP contribution in [0.3, 0.4) is 0 Å². The van der Waals surface area contributed by atoms with Gasteiger partial charge in [0, 0.05) is 38.9 Å². The zero-order chi connectivity index (χ0) is 22.7. The number of thiazole rings is 1. The molecular weight excluding hydrogens is 445 g/mol. The van der Waals surface area contributed by atoms with Crippen LogP contribution in [0.5, 0.6) is 5.75 Å². The maximum Gasteiger partial charge on any atom is 0.257 e. The van der Waals surface area contributed by atoms with Crippen LogP contribution in [0.4, 0.5) is 9.52 Å². The summed E-state index contributed by atoms with van der Waals surface area (Å²) < 4.78 is 18.5. The number of aromatic nitrogens is 2. The number of halogens is 1. The van der Waals surface area contributed by atoms with Crippen LogP contribution in [0.25, 0.3) is 0 Å². The standard InChI is InChI=1S/C24H22FN3O2S2/c1-14-10-19(32-18-6-4-17(30-3)5-7-18)11-15(2)22(14)20-13-31-24(27-20)28-23(29)16-8-9-26-21(25)12-16/h4-14,22H,1-3H3,(H,27,28,29). The smallest absolute Gasteiger partial charge is 0.257 e. The highest BCUT2D eigenvalue weighted by Gasteiger charge is 2.26. The second-order valence-electron chi connectivity index (χ2n) is 7.47. The van der Waals surface area contributed by atoms with E-state index in [9.17, 15) is 9.18 Å². The average molecular weight is 468 g/mol. The van der Waals surface area contributed by atoms with Crippen LogP contribution in [0.15, 0.2) is 75.5 Å². The molecule has 32 heavy (non-hydrogen) atoms. The summed E-state index contributed by atoms with van der Waals surface area (Å²) in [5, 5.41) is 5.21. The number of benzene rings is 1. The van der Waals surface area contributed by atoms with Gasteiger partial charge in [-0.25, -0.2) is 9.97 Å². The lowest BCUT2D eigenvalue weighted by Gasteiger charge is -2.26. The van der Waals surface area contributed by atoms with Gasteiger partial charge in [-0.2, -0.15) is 4.39 Å². The molecule has 0 spiro atoms. The summed E-state index contributed by atoms with van der Waals surface area (Å²) in [6.07, 6.45) is 5.71. The van der Waals surface area contributed by atoms with Gasteiger partial charge in [0.2, 0.25) is 5.95 Å².